The molecule has 2 aliphatic rings. The molecule has 0 saturated carbocycles. The van der Waals surface area contributed by atoms with Crippen LogP contribution in [0.25, 0.3) is 0 Å². The van der Waals surface area contributed by atoms with Crippen LogP contribution in [-0.4, -0.2) is 59.1 Å². The molecule has 1 aliphatic carbocycles. The van der Waals surface area contributed by atoms with Gasteiger partial charge in [-0.15, -0.1) is 0 Å². The van der Waals surface area contributed by atoms with E-state index in [2.05, 4.69) is 5.32 Å². The Bertz CT molecular complexity index is 630. The fourth-order valence-electron chi connectivity index (χ4n) is 4.48. The summed E-state index contributed by atoms with van der Waals surface area (Å²) < 4.78 is 5.24. The number of likely N-dealkylation sites (tertiary alicyclic amines) is 1. The summed E-state index contributed by atoms with van der Waals surface area (Å²) in [5, 5.41) is 12.9. The number of nitrogens with one attached hydrogen (secondary N) is 1. The summed E-state index contributed by atoms with van der Waals surface area (Å²) >= 11 is 0. The second kappa shape index (κ2) is 9.07. The normalized spacial score (nSPS) is 30.5. The summed E-state index contributed by atoms with van der Waals surface area (Å²) in [6.45, 7) is 11.2. The van der Waals surface area contributed by atoms with Gasteiger partial charge in [0.2, 0.25) is 11.8 Å². The number of nitrogens with zero attached hydrogens (tertiary/aromatic N) is 1. The van der Waals surface area contributed by atoms with Crippen molar-refractivity contribution in [3.63, 3.8) is 0 Å². The number of allylic oxidation sites excluding steroid dienone is 1. The van der Waals surface area contributed by atoms with Crippen LogP contribution >= 0.6 is 0 Å². The number of carbonyl (C=O) groups is 3. The standard InChI is InChI=1S/C21H34N2O5/c1-7-28-21(27)16-13(6)8-9-14-17(16)20(26)23(15(10-24)11(2)3)18(14)19(25)22-12(4)5/h8-9,11-18,24H,7,10H2,1-6H3,(H,22,25)/t13-,14+,15+,16-,17+,18+/m1/s1. The summed E-state index contributed by atoms with van der Waals surface area (Å²) in [6.07, 6.45) is 3.79. The van der Waals surface area contributed by atoms with Gasteiger partial charge in [-0.2, -0.15) is 0 Å². The van der Waals surface area contributed by atoms with Crippen molar-refractivity contribution in [3.8, 4) is 0 Å². The average Bonchev–Trinajstić information content (AvgIpc) is 2.88. The second-order valence-electron chi connectivity index (χ2n) is 8.47. The van der Waals surface area contributed by atoms with E-state index in [0.717, 1.165) is 0 Å². The number of ether oxygens (including phenoxy) is 1. The van der Waals surface area contributed by atoms with Crippen LogP contribution in [0.15, 0.2) is 12.2 Å². The van der Waals surface area contributed by atoms with Crippen LogP contribution in [0.4, 0.5) is 0 Å². The van der Waals surface area contributed by atoms with Gasteiger partial charge in [0.05, 0.1) is 31.1 Å². The van der Waals surface area contributed by atoms with Crippen molar-refractivity contribution >= 4 is 17.8 Å². The highest BCUT2D eigenvalue weighted by molar-refractivity contribution is 5.96. The number of hydrogen-bond acceptors (Lipinski definition) is 5. The van der Waals surface area contributed by atoms with E-state index >= 15 is 0 Å². The van der Waals surface area contributed by atoms with Gasteiger partial charge in [-0.05, 0) is 32.6 Å². The molecule has 0 spiro atoms. The molecule has 6 atom stereocenters. The molecule has 1 fully saturated rings. The number of esters is 1. The van der Waals surface area contributed by atoms with Gasteiger partial charge < -0.3 is 20.1 Å². The van der Waals surface area contributed by atoms with E-state index in [4.69, 9.17) is 4.74 Å². The zero-order chi connectivity index (χ0) is 21.2. The highest BCUT2D eigenvalue weighted by Gasteiger charge is 2.58. The van der Waals surface area contributed by atoms with Gasteiger partial charge in [-0.1, -0.05) is 32.9 Å². The Morgan fingerprint density at radius 1 is 1.25 bits per heavy atom. The molecule has 0 aromatic carbocycles. The van der Waals surface area contributed by atoms with E-state index in [-0.39, 0.29) is 42.9 Å². The van der Waals surface area contributed by atoms with E-state index in [0.29, 0.717) is 0 Å². The lowest BCUT2D eigenvalue weighted by molar-refractivity contribution is -0.156. The molecule has 7 heteroatoms. The minimum atomic E-state index is -0.750. The van der Waals surface area contributed by atoms with Crippen molar-refractivity contribution in [2.75, 3.05) is 13.2 Å². The molecular formula is C21H34N2O5. The van der Waals surface area contributed by atoms with Crippen LogP contribution < -0.4 is 5.32 Å². The lowest BCUT2D eigenvalue weighted by atomic mass is 9.70. The number of amides is 2. The number of rotatable bonds is 7. The molecule has 1 saturated heterocycles. The maximum atomic E-state index is 13.5. The largest absolute Gasteiger partial charge is 0.466 e. The van der Waals surface area contributed by atoms with E-state index < -0.39 is 35.8 Å². The molecule has 0 bridgehead atoms. The summed E-state index contributed by atoms with van der Waals surface area (Å²) in [5.41, 5.74) is 0. The Kier molecular flexibility index (Phi) is 7.26. The zero-order valence-electron chi connectivity index (χ0n) is 17.7. The Balaban J connectivity index is 2.52. The first-order valence-corrected chi connectivity index (χ1v) is 10.2. The van der Waals surface area contributed by atoms with E-state index in [9.17, 15) is 19.5 Å². The molecule has 0 radical (unpaired) electrons. The smallest absolute Gasteiger partial charge is 0.310 e. The summed E-state index contributed by atoms with van der Waals surface area (Å²) in [7, 11) is 0. The van der Waals surface area contributed by atoms with Gasteiger partial charge in [0.1, 0.15) is 6.04 Å². The molecule has 158 valence electrons. The molecule has 2 rings (SSSR count). The first-order chi connectivity index (χ1) is 13.1. The Labute approximate surface area is 167 Å². The van der Waals surface area contributed by atoms with Gasteiger partial charge in [0.15, 0.2) is 0 Å². The quantitative estimate of drug-likeness (QED) is 0.502. The number of hydrogen-bond donors (Lipinski definition) is 2. The molecule has 0 aromatic rings. The fraction of sp³-hybridized carbons (Fsp3) is 0.762. The van der Waals surface area contributed by atoms with Crippen LogP contribution in [0.2, 0.25) is 0 Å². The monoisotopic (exact) mass is 394 g/mol. The molecule has 1 aliphatic heterocycles. The van der Waals surface area contributed by atoms with Crippen LogP contribution in [0.1, 0.15) is 41.5 Å². The van der Waals surface area contributed by atoms with E-state index in [1.807, 2.05) is 46.8 Å². The number of aliphatic hydroxyl groups is 1. The van der Waals surface area contributed by atoms with Crippen molar-refractivity contribution in [3.05, 3.63) is 12.2 Å². The maximum Gasteiger partial charge on any atom is 0.310 e. The fourth-order valence-corrected chi connectivity index (χ4v) is 4.48. The highest BCUT2D eigenvalue weighted by Crippen LogP contribution is 2.45. The number of fused-ring (bicyclic) bond motifs is 1. The minimum Gasteiger partial charge on any atom is -0.466 e. The summed E-state index contributed by atoms with van der Waals surface area (Å²) in [6, 6.07) is -1.32. The topological polar surface area (TPSA) is 95.9 Å². The van der Waals surface area contributed by atoms with Crippen LogP contribution in [0.5, 0.6) is 0 Å². The van der Waals surface area contributed by atoms with Gasteiger partial charge >= 0.3 is 5.97 Å². The van der Waals surface area contributed by atoms with Crippen LogP contribution in [0.3, 0.4) is 0 Å². The average molecular weight is 395 g/mol. The molecule has 0 aromatic heterocycles. The molecule has 7 nitrogen and oxygen atoms in total. The number of aliphatic hydroxyl groups excluding tert-OH is 1. The minimum absolute atomic E-state index is 0.0362. The van der Waals surface area contributed by atoms with Gasteiger partial charge in [0.25, 0.3) is 0 Å². The molecule has 1 heterocycles. The predicted molar refractivity (Wildman–Crippen MR) is 105 cm³/mol. The molecule has 28 heavy (non-hydrogen) atoms. The zero-order valence-corrected chi connectivity index (χ0v) is 17.7. The van der Waals surface area contributed by atoms with Gasteiger partial charge in [-0.3, -0.25) is 14.4 Å². The van der Waals surface area contributed by atoms with Crippen LogP contribution in [-0.2, 0) is 19.1 Å². The summed E-state index contributed by atoms with van der Waals surface area (Å²) in [4.78, 5) is 40.7. The lowest BCUT2D eigenvalue weighted by Gasteiger charge is -2.35. The van der Waals surface area contributed by atoms with Crippen molar-refractivity contribution in [2.24, 2.45) is 29.6 Å². The Hall–Kier alpha value is -1.89. The number of carbonyl (C=O) groups excluding carboxylic acids is 3. The lowest BCUT2D eigenvalue weighted by Crippen LogP contribution is -2.54. The SMILES string of the molecule is CCOC(=O)[C@H]1[C@H]2C(=O)N([C@@H](CO)C(C)C)[C@H](C(=O)NC(C)C)[C@H]2C=C[C@H]1C. The summed E-state index contributed by atoms with van der Waals surface area (Å²) in [5.74, 6) is -2.83. The van der Waals surface area contributed by atoms with Crippen molar-refractivity contribution in [1.82, 2.24) is 10.2 Å². The third kappa shape index (κ3) is 4.09. The molecule has 2 amide bonds. The molecular weight excluding hydrogens is 360 g/mol. The van der Waals surface area contributed by atoms with Gasteiger partial charge in [0, 0.05) is 12.0 Å². The van der Waals surface area contributed by atoms with Crippen LogP contribution in [0, 0.1) is 29.6 Å². The Morgan fingerprint density at radius 3 is 2.39 bits per heavy atom. The van der Waals surface area contributed by atoms with Gasteiger partial charge in [-0.25, -0.2) is 0 Å². The van der Waals surface area contributed by atoms with Crippen molar-refractivity contribution in [2.45, 2.75) is 59.7 Å². The maximum absolute atomic E-state index is 13.5. The third-order valence-electron chi connectivity index (χ3n) is 5.78. The molecule has 0 unspecified atom stereocenters. The first-order valence-electron chi connectivity index (χ1n) is 10.2. The van der Waals surface area contributed by atoms with Crippen molar-refractivity contribution in [1.29, 1.82) is 0 Å². The second-order valence-corrected chi connectivity index (χ2v) is 8.47. The Morgan fingerprint density at radius 2 is 1.89 bits per heavy atom. The van der Waals surface area contributed by atoms with E-state index in [1.54, 1.807) is 6.92 Å². The highest BCUT2D eigenvalue weighted by atomic mass is 16.5. The third-order valence-corrected chi connectivity index (χ3v) is 5.78. The molecule has 2 N–H and O–H groups in total. The van der Waals surface area contributed by atoms with E-state index in [1.165, 1.54) is 4.90 Å². The first kappa shape index (κ1) is 22.4. The van der Waals surface area contributed by atoms with Crippen molar-refractivity contribution < 1.29 is 24.2 Å². The predicted octanol–water partition coefficient (Wildman–Crippen LogP) is 1.36.